The average Bonchev–Trinajstić information content (AvgIpc) is 2.80. The molecule has 0 aromatic carbocycles. The number of aromatic nitrogens is 1. The van der Waals surface area contributed by atoms with E-state index in [9.17, 15) is 4.79 Å². The van der Waals surface area contributed by atoms with E-state index in [0.717, 1.165) is 17.0 Å². The lowest BCUT2D eigenvalue weighted by Crippen LogP contribution is -2.15. The van der Waals surface area contributed by atoms with Gasteiger partial charge in [0.25, 0.3) is 5.24 Å². The average molecular weight is 234 g/mol. The van der Waals surface area contributed by atoms with Crippen LogP contribution < -0.4 is 5.32 Å². The van der Waals surface area contributed by atoms with Crippen LogP contribution in [0.5, 0.6) is 0 Å². The SMILES string of the molecule is O=C(S)NCc1ccc(-c2ccco2)nc1. The first-order chi connectivity index (χ1) is 7.75. The highest BCUT2D eigenvalue weighted by Gasteiger charge is 2.02. The minimum absolute atomic E-state index is 0.352. The van der Waals surface area contributed by atoms with Gasteiger partial charge >= 0.3 is 0 Å². The van der Waals surface area contributed by atoms with Crippen molar-refractivity contribution in [2.24, 2.45) is 0 Å². The van der Waals surface area contributed by atoms with E-state index in [4.69, 9.17) is 4.42 Å². The van der Waals surface area contributed by atoms with Crippen molar-refractivity contribution in [2.75, 3.05) is 0 Å². The van der Waals surface area contributed by atoms with E-state index in [-0.39, 0.29) is 5.24 Å². The summed E-state index contributed by atoms with van der Waals surface area (Å²) in [5.74, 6) is 0.727. The number of rotatable bonds is 3. The first-order valence-corrected chi connectivity index (χ1v) is 5.16. The van der Waals surface area contributed by atoms with E-state index in [1.165, 1.54) is 0 Å². The molecule has 5 heteroatoms. The molecule has 0 aliphatic rings. The predicted molar refractivity (Wildman–Crippen MR) is 63.2 cm³/mol. The Balaban J connectivity index is 2.08. The quantitative estimate of drug-likeness (QED) is 0.802. The molecule has 0 saturated heterocycles. The Labute approximate surface area is 98.1 Å². The smallest absolute Gasteiger partial charge is 0.276 e. The van der Waals surface area contributed by atoms with E-state index < -0.39 is 0 Å². The van der Waals surface area contributed by atoms with Crippen LogP contribution in [-0.4, -0.2) is 10.2 Å². The van der Waals surface area contributed by atoms with Gasteiger partial charge in [0.1, 0.15) is 5.69 Å². The van der Waals surface area contributed by atoms with E-state index in [2.05, 4.69) is 22.9 Å². The molecular formula is C11H10N2O2S. The molecule has 0 aliphatic carbocycles. The topological polar surface area (TPSA) is 55.1 Å². The molecule has 0 atom stereocenters. The molecule has 1 amide bonds. The summed E-state index contributed by atoms with van der Waals surface area (Å²) in [6, 6.07) is 7.39. The van der Waals surface area contributed by atoms with E-state index in [0.29, 0.717) is 6.54 Å². The largest absolute Gasteiger partial charge is 0.463 e. The third-order valence-corrected chi connectivity index (χ3v) is 2.20. The molecule has 4 nitrogen and oxygen atoms in total. The van der Waals surface area contributed by atoms with Gasteiger partial charge in [-0.05, 0) is 23.8 Å². The van der Waals surface area contributed by atoms with Crippen LogP contribution in [-0.2, 0) is 6.54 Å². The van der Waals surface area contributed by atoms with Crippen LogP contribution in [0.15, 0.2) is 41.1 Å². The third kappa shape index (κ3) is 2.64. The van der Waals surface area contributed by atoms with Gasteiger partial charge in [-0.15, -0.1) is 0 Å². The summed E-state index contributed by atoms with van der Waals surface area (Å²) in [7, 11) is 0. The lowest BCUT2D eigenvalue weighted by molar-refractivity contribution is 0.260. The van der Waals surface area contributed by atoms with Crippen LogP contribution in [0.4, 0.5) is 4.79 Å². The fourth-order valence-corrected chi connectivity index (χ4v) is 1.36. The summed E-state index contributed by atoms with van der Waals surface area (Å²) in [6.45, 7) is 0.424. The highest BCUT2D eigenvalue weighted by Crippen LogP contribution is 2.16. The summed E-state index contributed by atoms with van der Waals surface area (Å²) < 4.78 is 5.21. The Morgan fingerprint density at radius 1 is 1.44 bits per heavy atom. The standard InChI is InChI=1S/C11H10N2O2S/c14-11(16)13-7-8-3-4-9(12-6-8)10-2-1-5-15-10/h1-6H,7H2,(H2,13,14,16). The summed E-state index contributed by atoms with van der Waals surface area (Å²) in [5, 5.41) is 2.23. The number of pyridine rings is 1. The van der Waals surface area contributed by atoms with Crippen molar-refractivity contribution < 1.29 is 9.21 Å². The fourth-order valence-electron chi connectivity index (χ4n) is 1.28. The number of hydrogen-bond donors (Lipinski definition) is 2. The van der Waals surface area contributed by atoms with Crippen molar-refractivity contribution in [1.82, 2.24) is 10.3 Å². The molecule has 2 rings (SSSR count). The van der Waals surface area contributed by atoms with Crippen molar-refractivity contribution in [3.05, 3.63) is 42.3 Å². The van der Waals surface area contributed by atoms with Gasteiger partial charge in [0.05, 0.1) is 6.26 Å². The number of nitrogens with one attached hydrogen (secondary N) is 1. The maximum atomic E-state index is 10.6. The second kappa shape index (κ2) is 4.85. The molecule has 2 aromatic rings. The molecule has 2 aromatic heterocycles. The molecule has 0 spiro atoms. The molecule has 0 aliphatic heterocycles. The van der Waals surface area contributed by atoms with E-state index in [1.807, 2.05) is 24.3 Å². The van der Waals surface area contributed by atoms with Crippen LogP contribution in [0.3, 0.4) is 0 Å². The third-order valence-electron chi connectivity index (χ3n) is 2.04. The Bertz CT molecular complexity index is 465. The Morgan fingerprint density at radius 3 is 2.88 bits per heavy atom. The highest BCUT2D eigenvalue weighted by molar-refractivity contribution is 7.96. The van der Waals surface area contributed by atoms with E-state index >= 15 is 0 Å². The Hall–Kier alpha value is -1.75. The van der Waals surface area contributed by atoms with Gasteiger partial charge in [-0.1, -0.05) is 18.7 Å². The lowest BCUT2D eigenvalue weighted by Gasteiger charge is -2.02. The number of thiol groups is 1. The minimum atomic E-state index is -0.352. The van der Waals surface area contributed by atoms with Crippen LogP contribution in [0.1, 0.15) is 5.56 Å². The fraction of sp³-hybridized carbons (Fsp3) is 0.0909. The van der Waals surface area contributed by atoms with Gasteiger partial charge in [-0.2, -0.15) is 0 Å². The van der Waals surface area contributed by atoms with Crippen molar-refractivity contribution in [3.8, 4) is 11.5 Å². The van der Waals surface area contributed by atoms with Gasteiger partial charge < -0.3 is 9.73 Å². The highest BCUT2D eigenvalue weighted by atomic mass is 32.1. The monoisotopic (exact) mass is 234 g/mol. The number of carbonyl (C=O) groups is 1. The second-order valence-corrected chi connectivity index (χ2v) is 3.59. The first-order valence-electron chi connectivity index (χ1n) is 4.71. The maximum absolute atomic E-state index is 10.6. The number of carbonyl (C=O) groups excluding carboxylic acids is 1. The van der Waals surface area contributed by atoms with Gasteiger partial charge in [-0.25, -0.2) is 0 Å². The molecule has 82 valence electrons. The molecule has 0 bridgehead atoms. The van der Waals surface area contributed by atoms with Crippen molar-refractivity contribution in [1.29, 1.82) is 0 Å². The van der Waals surface area contributed by atoms with Crippen molar-refractivity contribution in [3.63, 3.8) is 0 Å². The molecule has 16 heavy (non-hydrogen) atoms. The zero-order valence-electron chi connectivity index (χ0n) is 8.38. The van der Waals surface area contributed by atoms with Gasteiger partial charge in [0.15, 0.2) is 5.76 Å². The molecule has 0 unspecified atom stereocenters. The second-order valence-electron chi connectivity index (χ2n) is 3.19. The number of hydrogen-bond acceptors (Lipinski definition) is 3. The van der Waals surface area contributed by atoms with Crippen molar-refractivity contribution in [2.45, 2.75) is 6.54 Å². The van der Waals surface area contributed by atoms with Crippen LogP contribution in [0, 0.1) is 0 Å². The van der Waals surface area contributed by atoms with Crippen LogP contribution >= 0.6 is 12.6 Å². The summed E-state index contributed by atoms with van der Waals surface area (Å²) in [6.07, 6.45) is 3.30. The number of amides is 1. The van der Waals surface area contributed by atoms with Gasteiger partial charge in [0, 0.05) is 12.7 Å². The Kier molecular flexibility index (Phi) is 3.26. The maximum Gasteiger partial charge on any atom is 0.276 e. The van der Waals surface area contributed by atoms with Crippen LogP contribution in [0.2, 0.25) is 0 Å². The van der Waals surface area contributed by atoms with Gasteiger partial charge in [-0.3, -0.25) is 9.78 Å². The molecular weight excluding hydrogens is 224 g/mol. The summed E-state index contributed by atoms with van der Waals surface area (Å²) in [5.41, 5.74) is 1.68. The summed E-state index contributed by atoms with van der Waals surface area (Å²) in [4.78, 5) is 14.8. The molecule has 0 saturated carbocycles. The minimum Gasteiger partial charge on any atom is -0.463 e. The Morgan fingerprint density at radius 2 is 2.31 bits per heavy atom. The zero-order chi connectivity index (χ0) is 11.4. The van der Waals surface area contributed by atoms with Crippen molar-refractivity contribution >= 4 is 17.9 Å². The lowest BCUT2D eigenvalue weighted by atomic mass is 10.2. The zero-order valence-corrected chi connectivity index (χ0v) is 9.28. The predicted octanol–water partition coefficient (Wildman–Crippen LogP) is 2.48. The van der Waals surface area contributed by atoms with E-state index in [1.54, 1.807) is 12.5 Å². The first kappa shape index (κ1) is 10.8. The summed E-state index contributed by atoms with van der Waals surface area (Å²) >= 11 is 3.61. The molecule has 2 heterocycles. The number of nitrogens with zero attached hydrogens (tertiary/aromatic N) is 1. The van der Waals surface area contributed by atoms with Gasteiger partial charge in [0.2, 0.25) is 0 Å². The molecule has 0 fully saturated rings. The molecule has 1 N–H and O–H groups in total. The van der Waals surface area contributed by atoms with Crippen LogP contribution in [0.25, 0.3) is 11.5 Å². The molecule has 0 radical (unpaired) electrons. The normalized spacial score (nSPS) is 10.1. The number of furan rings is 1.